The largest absolute Gasteiger partial charge is 0.329 e. The Morgan fingerprint density at radius 3 is 2.96 bits per heavy atom. The second-order valence-electron chi connectivity index (χ2n) is 6.05. The van der Waals surface area contributed by atoms with E-state index in [1.807, 2.05) is 18.2 Å². The summed E-state index contributed by atoms with van der Waals surface area (Å²) in [7, 11) is 0. The summed E-state index contributed by atoms with van der Waals surface area (Å²) >= 11 is 6.27. The average Bonchev–Trinajstić information content (AvgIpc) is 2.63. The molecule has 0 fully saturated rings. The first-order valence-electron chi connectivity index (χ1n) is 8.07. The standard InChI is InChI=1S/C19H16ClN3O2/c20-16-9-15-11(4-7-22-18(15)24)8-17(16)23-19(25)14-3-1-2-12-10-21-6-5-13(12)14/h1-4,7-9,21H,5-6,10H2,(H,22,24)(H,23,25). The number of H-pyrrole nitrogens is 1. The number of nitrogens with one attached hydrogen (secondary N) is 3. The van der Waals surface area contributed by atoms with E-state index in [0.717, 1.165) is 36.0 Å². The van der Waals surface area contributed by atoms with Crippen molar-refractivity contribution >= 4 is 34.0 Å². The van der Waals surface area contributed by atoms with Crippen LogP contribution >= 0.6 is 11.6 Å². The highest BCUT2D eigenvalue weighted by atomic mass is 35.5. The van der Waals surface area contributed by atoms with E-state index in [-0.39, 0.29) is 11.5 Å². The molecule has 3 aromatic rings. The van der Waals surface area contributed by atoms with Crippen LogP contribution in [0.5, 0.6) is 0 Å². The zero-order valence-corrected chi connectivity index (χ0v) is 14.1. The fourth-order valence-electron chi connectivity index (χ4n) is 3.24. The van der Waals surface area contributed by atoms with Gasteiger partial charge >= 0.3 is 0 Å². The molecule has 1 aromatic heterocycles. The molecule has 126 valence electrons. The van der Waals surface area contributed by atoms with Crippen molar-refractivity contribution in [3.63, 3.8) is 0 Å². The second kappa shape index (κ2) is 6.35. The van der Waals surface area contributed by atoms with Crippen LogP contribution in [0.2, 0.25) is 5.02 Å². The van der Waals surface area contributed by atoms with E-state index in [2.05, 4.69) is 15.6 Å². The summed E-state index contributed by atoms with van der Waals surface area (Å²) < 4.78 is 0. The molecule has 0 unspecified atom stereocenters. The molecule has 3 N–H and O–H groups in total. The summed E-state index contributed by atoms with van der Waals surface area (Å²) in [4.78, 5) is 27.2. The lowest BCUT2D eigenvalue weighted by Crippen LogP contribution is -2.26. The molecule has 1 amide bonds. The van der Waals surface area contributed by atoms with Crippen LogP contribution in [-0.4, -0.2) is 17.4 Å². The third kappa shape index (κ3) is 2.92. The van der Waals surface area contributed by atoms with Crippen molar-refractivity contribution in [2.75, 3.05) is 11.9 Å². The van der Waals surface area contributed by atoms with Crippen LogP contribution < -0.4 is 16.2 Å². The predicted octanol–water partition coefficient (Wildman–Crippen LogP) is 3.08. The van der Waals surface area contributed by atoms with E-state index < -0.39 is 0 Å². The Kier molecular flexibility index (Phi) is 4.03. The molecule has 0 aliphatic carbocycles. The zero-order chi connectivity index (χ0) is 17.4. The van der Waals surface area contributed by atoms with Gasteiger partial charge in [0.05, 0.1) is 10.7 Å². The molecular weight excluding hydrogens is 338 g/mol. The molecule has 0 radical (unpaired) electrons. The van der Waals surface area contributed by atoms with E-state index in [4.69, 9.17) is 11.6 Å². The Bertz CT molecular complexity index is 1040. The van der Waals surface area contributed by atoms with Crippen molar-refractivity contribution in [2.45, 2.75) is 13.0 Å². The maximum Gasteiger partial charge on any atom is 0.255 e. The fourth-order valence-corrected chi connectivity index (χ4v) is 3.45. The van der Waals surface area contributed by atoms with E-state index in [1.54, 1.807) is 24.4 Å². The van der Waals surface area contributed by atoms with Gasteiger partial charge in [-0.15, -0.1) is 0 Å². The number of pyridine rings is 1. The monoisotopic (exact) mass is 353 g/mol. The quantitative estimate of drug-likeness (QED) is 0.663. The van der Waals surface area contributed by atoms with Crippen molar-refractivity contribution in [3.8, 4) is 0 Å². The zero-order valence-electron chi connectivity index (χ0n) is 13.4. The first kappa shape index (κ1) is 15.9. The highest BCUT2D eigenvalue weighted by molar-refractivity contribution is 6.34. The van der Waals surface area contributed by atoms with Gasteiger partial charge < -0.3 is 15.6 Å². The molecule has 4 rings (SSSR count). The second-order valence-corrected chi connectivity index (χ2v) is 6.46. The number of carbonyl (C=O) groups excluding carboxylic acids is 1. The number of anilines is 1. The summed E-state index contributed by atoms with van der Waals surface area (Å²) in [5.41, 5.74) is 3.18. The van der Waals surface area contributed by atoms with Gasteiger partial charge in [-0.2, -0.15) is 0 Å². The van der Waals surface area contributed by atoms with Gasteiger partial charge in [0.25, 0.3) is 11.5 Å². The van der Waals surface area contributed by atoms with E-state index in [0.29, 0.717) is 21.7 Å². The maximum atomic E-state index is 12.8. The van der Waals surface area contributed by atoms with Gasteiger partial charge in [-0.3, -0.25) is 9.59 Å². The number of benzene rings is 2. The Morgan fingerprint density at radius 1 is 1.20 bits per heavy atom. The van der Waals surface area contributed by atoms with E-state index >= 15 is 0 Å². The van der Waals surface area contributed by atoms with Gasteiger partial charge in [-0.1, -0.05) is 23.7 Å². The van der Waals surface area contributed by atoms with Gasteiger partial charge in [0.1, 0.15) is 0 Å². The summed E-state index contributed by atoms with van der Waals surface area (Å²) in [6.07, 6.45) is 2.39. The molecule has 0 bridgehead atoms. The highest BCUT2D eigenvalue weighted by Gasteiger charge is 2.18. The molecular formula is C19H16ClN3O2. The number of fused-ring (bicyclic) bond motifs is 2. The first-order valence-corrected chi connectivity index (χ1v) is 8.45. The lowest BCUT2D eigenvalue weighted by atomic mass is 9.95. The van der Waals surface area contributed by atoms with Gasteiger partial charge in [0.2, 0.25) is 0 Å². The summed E-state index contributed by atoms with van der Waals surface area (Å²) in [5, 5.41) is 7.75. The number of hydrogen-bond acceptors (Lipinski definition) is 3. The van der Waals surface area contributed by atoms with Crippen molar-refractivity contribution < 1.29 is 4.79 Å². The number of hydrogen-bond donors (Lipinski definition) is 3. The predicted molar refractivity (Wildman–Crippen MR) is 99.4 cm³/mol. The molecule has 0 spiro atoms. The molecule has 0 saturated carbocycles. The Morgan fingerprint density at radius 2 is 2.08 bits per heavy atom. The van der Waals surface area contributed by atoms with Crippen LogP contribution in [0, 0.1) is 0 Å². The number of aromatic amines is 1. The normalized spacial score (nSPS) is 13.5. The number of amides is 1. The summed E-state index contributed by atoms with van der Waals surface area (Å²) in [5.74, 6) is -0.190. The number of halogens is 1. The molecule has 6 heteroatoms. The van der Waals surface area contributed by atoms with E-state index in [9.17, 15) is 9.59 Å². The minimum atomic E-state index is -0.207. The smallest absolute Gasteiger partial charge is 0.255 e. The summed E-state index contributed by atoms with van der Waals surface area (Å²) in [6, 6.07) is 10.8. The SMILES string of the molecule is O=C(Nc1cc2cc[nH]c(=O)c2cc1Cl)c1cccc2c1CCNC2. The third-order valence-corrected chi connectivity index (χ3v) is 4.81. The van der Waals surface area contributed by atoms with Crippen molar-refractivity contribution in [1.82, 2.24) is 10.3 Å². The van der Waals surface area contributed by atoms with Crippen LogP contribution in [-0.2, 0) is 13.0 Å². The van der Waals surface area contributed by atoms with Crippen molar-refractivity contribution in [1.29, 1.82) is 0 Å². The molecule has 0 saturated heterocycles. The number of aromatic nitrogens is 1. The topological polar surface area (TPSA) is 74.0 Å². The minimum absolute atomic E-state index is 0.190. The average molecular weight is 354 g/mol. The van der Waals surface area contributed by atoms with Crippen LogP contribution in [0.4, 0.5) is 5.69 Å². The van der Waals surface area contributed by atoms with Crippen molar-refractivity contribution in [3.05, 3.63) is 74.7 Å². The fraction of sp³-hybridized carbons (Fsp3) is 0.158. The lowest BCUT2D eigenvalue weighted by molar-refractivity contribution is 0.102. The van der Waals surface area contributed by atoms with Gasteiger partial charge in [-0.25, -0.2) is 0 Å². The lowest BCUT2D eigenvalue weighted by Gasteiger charge is -2.20. The molecule has 1 aliphatic heterocycles. The molecule has 5 nitrogen and oxygen atoms in total. The van der Waals surface area contributed by atoms with Crippen LogP contribution in [0.25, 0.3) is 10.8 Å². The molecule has 0 atom stereocenters. The molecule has 1 aliphatic rings. The Balaban J connectivity index is 1.71. The van der Waals surface area contributed by atoms with Crippen LogP contribution in [0.3, 0.4) is 0 Å². The maximum absolute atomic E-state index is 12.8. The van der Waals surface area contributed by atoms with Gasteiger partial charge in [0, 0.05) is 23.7 Å². The number of carbonyl (C=O) groups is 1. The molecule has 2 heterocycles. The van der Waals surface area contributed by atoms with Gasteiger partial charge in [0.15, 0.2) is 0 Å². The molecule has 25 heavy (non-hydrogen) atoms. The van der Waals surface area contributed by atoms with Gasteiger partial charge in [-0.05, 0) is 53.7 Å². The Labute approximate surface area is 149 Å². The number of rotatable bonds is 2. The summed E-state index contributed by atoms with van der Waals surface area (Å²) in [6.45, 7) is 1.63. The van der Waals surface area contributed by atoms with Crippen LogP contribution in [0.15, 0.2) is 47.4 Å². The van der Waals surface area contributed by atoms with Crippen molar-refractivity contribution in [2.24, 2.45) is 0 Å². The molecule has 2 aromatic carbocycles. The highest BCUT2D eigenvalue weighted by Crippen LogP contribution is 2.28. The first-order chi connectivity index (χ1) is 12.1. The van der Waals surface area contributed by atoms with E-state index in [1.165, 1.54) is 0 Å². The Hall–Kier alpha value is -2.63. The third-order valence-electron chi connectivity index (χ3n) is 4.49. The minimum Gasteiger partial charge on any atom is -0.329 e. The van der Waals surface area contributed by atoms with Crippen LogP contribution in [0.1, 0.15) is 21.5 Å².